The monoisotopic (exact) mass is 365 g/mol. The molecular formula is C20H27N7. The van der Waals surface area contributed by atoms with Crippen molar-refractivity contribution in [3.05, 3.63) is 23.5 Å². The van der Waals surface area contributed by atoms with Gasteiger partial charge in [0.25, 0.3) is 0 Å². The summed E-state index contributed by atoms with van der Waals surface area (Å²) in [5.74, 6) is 3.06. The first-order chi connectivity index (χ1) is 13.3. The van der Waals surface area contributed by atoms with Crippen LogP contribution in [0.4, 0.5) is 5.82 Å². The van der Waals surface area contributed by atoms with Gasteiger partial charge in [-0.25, -0.2) is 10.0 Å². The standard InChI is InChI=1S/C20H27N7/c21-8-10-26(11-14-1-2-14)12-15-3-5-16(6-4-15)18-19-17-7-9-22-20(17)23-13-27(19)25-24-18/h7,9,13-16,22,24-25H,1-6,10-12H2/t15-,16-. The summed E-state index contributed by atoms with van der Waals surface area (Å²) < 4.78 is 0. The number of aromatic amines is 1. The molecule has 3 heterocycles. The molecule has 0 atom stereocenters. The lowest BCUT2D eigenvalue weighted by molar-refractivity contribution is 0.195. The minimum absolute atomic E-state index is 0.552. The molecule has 1 aromatic heterocycles. The largest absolute Gasteiger partial charge is 0.346 e. The zero-order valence-electron chi connectivity index (χ0n) is 15.6. The smallest absolute Gasteiger partial charge is 0.141 e. The van der Waals surface area contributed by atoms with Gasteiger partial charge in [0.1, 0.15) is 12.2 Å². The third-order valence-corrected chi connectivity index (χ3v) is 6.37. The highest BCUT2D eigenvalue weighted by atomic mass is 15.7. The fraction of sp³-hybridized carbons (Fsp3) is 0.600. The molecular weight excluding hydrogens is 338 g/mol. The fourth-order valence-corrected chi connectivity index (χ4v) is 4.76. The number of aliphatic imine (C=N–C) groups is 1. The molecule has 4 aliphatic rings. The topological polar surface area (TPSA) is 82.5 Å². The molecule has 0 radical (unpaired) electrons. The molecule has 142 valence electrons. The number of H-pyrrole nitrogens is 1. The molecule has 27 heavy (non-hydrogen) atoms. The van der Waals surface area contributed by atoms with E-state index in [1.165, 1.54) is 49.9 Å². The normalized spacial score (nSPS) is 26.7. The second-order valence-electron chi connectivity index (χ2n) is 8.37. The van der Waals surface area contributed by atoms with Gasteiger partial charge in [0, 0.05) is 30.8 Å². The van der Waals surface area contributed by atoms with Gasteiger partial charge in [0.15, 0.2) is 0 Å². The minimum atomic E-state index is 0.552. The summed E-state index contributed by atoms with van der Waals surface area (Å²) >= 11 is 0. The molecule has 5 rings (SSSR count). The van der Waals surface area contributed by atoms with E-state index in [2.05, 4.69) is 38.0 Å². The highest BCUT2D eigenvalue weighted by molar-refractivity contribution is 5.87. The maximum absolute atomic E-state index is 9.13. The number of nitrogens with zero attached hydrogens (tertiary/aromatic N) is 4. The van der Waals surface area contributed by atoms with Crippen LogP contribution < -0.4 is 11.0 Å². The van der Waals surface area contributed by atoms with Crippen molar-refractivity contribution in [2.24, 2.45) is 22.7 Å². The third-order valence-electron chi connectivity index (χ3n) is 6.37. The average Bonchev–Trinajstić information content (AvgIpc) is 3.19. The molecule has 7 heteroatoms. The van der Waals surface area contributed by atoms with Crippen LogP contribution in [0.3, 0.4) is 0 Å². The van der Waals surface area contributed by atoms with Gasteiger partial charge in [-0.2, -0.15) is 5.26 Å². The minimum Gasteiger partial charge on any atom is -0.346 e. The molecule has 3 N–H and O–H groups in total. The van der Waals surface area contributed by atoms with Gasteiger partial charge in [0.05, 0.1) is 24.0 Å². The van der Waals surface area contributed by atoms with Crippen LogP contribution in [0, 0.1) is 29.1 Å². The van der Waals surface area contributed by atoms with Gasteiger partial charge in [-0.3, -0.25) is 4.90 Å². The summed E-state index contributed by atoms with van der Waals surface area (Å²) in [5, 5.41) is 11.1. The Hall–Kier alpha value is -2.30. The highest BCUT2D eigenvalue weighted by Gasteiger charge is 2.34. The summed E-state index contributed by atoms with van der Waals surface area (Å²) in [6.07, 6.45) is 11.4. The number of nitriles is 1. The molecule has 2 fully saturated rings. The molecule has 7 nitrogen and oxygen atoms in total. The fourth-order valence-electron chi connectivity index (χ4n) is 4.76. The number of rotatable bonds is 6. The third kappa shape index (κ3) is 3.35. The molecule has 1 aromatic rings. The van der Waals surface area contributed by atoms with Crippen molar-refractivity contribution >= 4 is 17.9 Å². The zero-order chi connectivity index (χ0) is 18.2. The van der Waals surface area contributed by atoms with E-state index in [1.54, 1.807) is 0 Å². The van der Waals surface area contributed by atoms with Gasteiger partial charge in [-0.05, 0) is 56.4 Å². The molecule has 0 spiro atoms. The van der Waals surface area contributed by atoms with E-state index in [4.69, 9.17) is 5.26 Å². The summed E-state index contributed by atoms with van der Waals surface area (Å²) in [6, 6.07) is 4.46. The van der Waals surface area contributed by atoms with Gasteiger partial charge < -0.3 is 10.4 Å². The van der Waals surface area contributed by atoms with Crippen LogP contribution in [0.1, 0.15) is 44.1 Å². The van der Waals surface area contributed by atoms with E-state index in [-0.39, 0.29) is 0 Å². The maximum atomic E-state index is 9.13. The maximum Gasteiger partial charge on any atom is 0.141 e. The Morgan fingerprint density at radius 1 is 1.15 bits per heavy atom. The van der Waals surface area contributed by atoms with Crippen molar-refractivity contribution in [2.45, 2.75) is 38.5 Å². The van der Waals surface area contributed by atoms with Crippen LogP contribution >= 0.6 is 0 Å². The average molecular weight is 365 g/mol. The molecule has 2 saturated carbocycles. The Labute approximate surface area is 160 Å². The van der Waals surface area contributed by atoms with Gasteiger partial charge in [0.2, 0.25) is 0 Å². The van der Waals surface area contributed by atoms with E-state index in [0.29, 0.717) is 12.5 Å². The quantitative estimate of drug-likeness (QED) is 0.675. The predicted octanol–water partition coefficient (Wildman–Crippen LogP) is 2.72. The lowest BCUT2D eigenvalue weighted by atomic mass is 9.79. The number of fused-ring (bicyclic) bond motifs is 3. The SMILES string of the molecule is N#CCN(CC1CC1)C[C@H]1CC[C@H](C2=C3c4cc[nH]c4N=CN3NN2)CC1. The Balaban J connectivity index is 1.24. The summed E-state index contributed by atoms with van der Waals surface area (Å²) in [7, 11) is 0. The van der Waals surface area contributed by atoms with Crippen molar-refractivity contribution in [1.29, 1.82) is 5.26 Å². The Kier molecular flexibility index (Phi) is 4.38. The number of nitrogens with one attached hydrogen (secondary N) is 3. The Bertz CT molecular complexity index is 789. The lowest BCUT2D eigenvalue weighted by Crippen LogP contribution is -2.38. The number of aromatic nitrogens is 1. The van der Waals surface area contributed by atoms with Crippen LogP contribution in [-0.4, -0.2) is 40.9 Å². The Morgan fingerprint density at radius 2 is 1.89 bits per heavy atom. The van der Waals surface area contributed by atoms with Crippen molar-refractivity contribution in [1.82, 2.24) is 25.9 Å². The molecule has 2 aliphatic carbocycles. The number of hydrogen-bond acceptors (Lipinski definition) is 6. The van der Waals surface area contributed by atoms with Crippen molar-refractivity contribution in [3.8, 4) is 6.07 Å². The van der Waals surface area contributed by atoms with Crippen molar-refractivity contribution in [3.63, 3.8) is 0 Å². The Morgan fingerprint density at radius 3 is 2.59 bits per heavy atom. The summed E-state index contributed by atoms with van der Waals surface area (Å²) in [6.45, 7) is 2.80. The zero-order valence-corrected chi connectivity index (χ0v) is 15.6. The van der Waals surface area contributed by atoms with Crippen LogP contribution in [-0.2, 0) is 0 Å². The van der Waals surface area contributed by atoms with Gasteiger partial charge in [-0.15, -0.1) is 5.53 Å². The van der Waals surface area contributed by atoms with E-state index >= 15 is 0 Å². The van der Waals surface area contributed by atoms with E-state index < -0.39 is 0 Å². The lowest BCUT2D eigenvalue weighted by Gasteiger charge is -2.32. The predicted molar refractivity (Wildman–Crippen MR) is 104 cm³/mol. The van der Waals surface area contributed by atoms with Crippen molar-refractivity contribution in [2.75, 3.05) is 19.6 Å². The van der Waals surface area contributed by atoms with E-state index in [1.807, 2.05) is 17.5 Å². The molecule has 0 amide bonds. The second kappa shape index (κ2) is 7.02. The molecule has 2 aliphatic heterocycles. The van der Waals surface area contributed by atoms with Crippen molar-refractivity contribution < 1.29 is 0 Å². The van der Waals surface area contributed by atoms with Crippen LogP contribution in [0.15, 0.2) is 23.0 Å². The first-order valence-electron chi connectivity index (χ1n) is 10.2. The summed E-state index contributed by atoms with van der Waals surface area (Å²) in [4.78, 5) is 10.0. The number of hydrogen-bond donors (Lipinski definition) is 3. The molecule has 0 saturated heterocycles. The van der Waals surface area contributed by atoms with Gasteiger partial charge in [-0.1, -0.05) is 0 Å². The second-order valence-corrected chi connectivity index (χ2v) is 8.37. The first-order valence-corrected chi connectivity index (χ1v) is 10.2. The van der Waals surface area contributed by atoms with Crippen LogP contribution in [0.5, 0.6) is 0 Å². The molecule has 0 aromatic carbocycles. The van der Waals surface area contributed by atoms with Crippen LogP contribution in [0.25, 0.3) is 5.70 Å². The number of hydrazine groups is 2. The first kappa shape index (κ1) is 16.8. The van der Waals surface area contributed by atoms with E-state index in [0.717, 1.165) is 36.3 Å². The number of allylic oxidation sites excluding steroid dienone is 1. The van der Waals surface area contributed by atoms with E-state index in [9.17, 15) is 0 Å². The molecule has 0 bridgehead atoms. The van der Waals surface area contributed by atoms with Crippen LogP contribution in [0.2, 0.25) is 0 Å². The summed E-state index contributed by atoms with van der Waals surface area (Å²) in [5.41, 5.74) is 10.3. The highest BCUT2D eigenvalue weighted by Crippen LogP contribution is 2.41. The van der Waals surface area contributed by atoms with Gasteiger partial charge >= 0.3 is 0 Å². The molecule has 0 unspecified atom stereocenters.